The number of fused-ring (bicyclic) bond motifs is 2. The molecule has 0 bridgehead atoms. The summed E-state index contributed by atoms with van der Waals surface area (Å²) >= 11 is 0. The highest BCUT2D eigenvalue weighted by Crippen LogP contribution is 2.36. The number of hydrogen-bond donors (Lipinski definition) is 3. The number of carbonyl (C=O) groups is 2. The summed E-state index contributed by atoms with van der Waals surface area (Å²) in [7, 11) is 0. The number of phenolic OH excluding ortho intramolecular Hbond substituents is 1. The standard InChI is InChI=1S/C32H25NO6/c34-28-18-17-26(24-14-6-7-15-25(24)28)31(29(19-20-30(35)36)38-22-11-2-1-3-12-22)39-32(37)33-27-16-8-10-21-9-4-5-13-23(21)27/h1-20,29,31,34H,(H,33,37)(H,35,36)/b20-19+/t29-,31-/m1/s1. The van der Waals surface area contributed by atoms with Gasteiger partial charge in [0.05, 0.1) is 5.69 Å². The molecule has 3 N–H and O–H groups in total. The third-order valence-corrected chi connectivity index (χ3v) is 6.24. The molecule has 0 saturated carbocycles. The maximum atomic E-state index is 13.4. The summed E-state index contributed by atoms with van der Waals surface area (Å²) < 4.78 is 12.2. The van der Waals surface area contributed by atoms with Gasteiger partial charge in [0.1, 0.15) is 11.5 Å². The van der Waals surface area contributed by atoms with E-state index >= 15 is 0 Å². The van der Waals surface area contributed by atoms with Crippen LogP contribution in [0, 0.1) is 0 Å². The van der Waals surface area contributed by atoms with E-state index in [-0.39, 0.29) is 5.75 Å². The number of anilines is 1. The third-order valence-electron chi connectivity index (χ3n) is 6.24. The van der Waals surface area contributed by atoms with Gasteiger partial charge in [-0.15, -0.1) is 0 Å². The molecule has 0 fully saturated rings. The zero-order valence-corrected chi connectivity index (χ0v) is 20.7. The lowest BCUT2D eigenvalue weighted by molar-refractivity contribution is -0.131. The minimum Gasteiger partial charge on any atom is -0.507 e. The quantitative estimate of drug-likeness (QED) is 0.189. The lowest BCUT2D eigenvalue weighted by atomic mass is 9.96. The van der Waals surface area contributed by atoms with E-state index in [4.69, 9.17) is 9.47 Å². The third kappa shape index (κ3) is 5.83. The average molecular weight is 520 g/mol. The average Bonchev–Trinajstić information content (AvgIpc) is 2.95. The molecular weight excluding hydrogens is 494 g/mol. The fourth-order valence-corrected chi connectivity index (χ4v) is 4.49. The summed E-state index contributed by atoms with van der Waals surface area (Å²) in [5.74, 6) is -0.648. The lowest BCUT2D eigenvalue weighted by Gasteiger charge is -2.27. The number of carboxylic acid groups (broad SMARTS) is 1. The molecule has 0 unspecified atom stereocenters. The number of para-hydroxylation sites is 1. The molecule has 0 radical (unpaired) electrons. The maximum absolute atomic E-state index is 13.4. The predicted molar refractivity (Wildman–Crippen MR) is 150 cm³/mol. The molecule has 7 nitrogen and oxygen atoms in total. The molecule has 0 saturated heterocycles. The Morgan fingerprint density at radius 3 is 2.18 bits per heavy atom. The first-order valence-electron chi connectivity index (χ1n) is 12.3. The molecule has 0 aliphatic heterocycles. The van der Waals surface area contributed by atoms with Crippen LogP contribution in [-0.2, 0) is 9.53 Å². The number of rotatable bonds is 8. The lowest BCUT2D eigenvalue weighted by Crippen LogP contribution is -2.30. The SMILES string of the molecule is O=C(O)/C=C/[C@@H](Oc1ccccc1)[C@H](OC(=O)Nc1cccc2ccccc12)c1ccc(O)c2ccccc12. The molecule has 0 aliphatic rings. The molecule has 5 rings (SSSR count). The van der Waals surface area contributed by atoms with E-state index in [1.807, 2.05) is 42.5 Å². The van der Waals surface area contributed by atoms with E-state index in [2.05, 4.69) is 5.32 Å². The Hall–Kier alpha value is -5.30. The van der Waals surface area contributed by atoms with Gasteiger partial charge in [-0.3, -0.25) is 5.32 Å². The molecular formula is C32H25NO6. The van der Waals surface area contributed by atoms with Gasteiger partial charge in [-0.1, -0.05) is 84.9 Å². The number of phenols is 1. The topological polar surface area (TPSA) is 105 Å². The first kappa shape index (κ1) is 25.4. The highest BCUT2D eigenvalue weighted by Gasteiger charge is 2.30. The summed E-state index contributed by atoms with van der Waals surface area (Å²) in [5, 5.41) is 25.6. The van der Waals surface area contributed by atoms with Crippen molar-refractivity contribution >= 4 is 39.3 Å². The number of hydrogen-bond acceptors (Lipinski definition) is 5. The van der Waals surface area contributed by atoms with Gasteiger partial charge >= 0.3 is 12.1 Å². The summed E-state index contributed by atoms with van der Waals surface area (Å²) in [6.07, 6.45) is -0.558. The van der Waals surface area contributed by atoms with Crippen molar-refractivity contribution in [3.05, 3.63) is 127 Å². The Morgan fingerprint density at radius 2 is 1.41 bits per heavy atom. The van der Waals surface area contributed by atoms with Gasteiger partial charge in [0.25, 0.3) is 0 Å². The van der Waals surface area contributed by atoms with Crippen LogP contribution in [0.4, 0.5) is 10.5 Å². The number of amides is 1. The van der Waals surface area contributed by atoms with Crippen LogP contribution in [-0.4, -0.2) is 28.4 Å². The Labute approximate surface area is 224 Å². The van der Waals surface area contributed by atoms with Crippen LogP contribution >= 0.6 is 0 Å². The summed E-state index contributed by atoms with van der Waals surface area (Å²) in [5.41, 5.74) is 1.10. The van der Waals surface area contributed by atoms with Crippen molar-refractivity contribution in [3.8, 4) is 11.5 Å². The van der Waals surface area contributed by atoms with Crippen molar-refractivity contribution in [2.75, 3.05) is 5.32 Å². The van der Waals surface area contributed by atoms with E-state index in [0.29, 0.717) is 27.8 Å². The summed E-state index contributed by atoms with van der Waals surface area (Å²) in [6.45, 7) is 0. The molecule has 0 spiro atoms. The van der Waals surface area contributed by atoms with Crippen LogP contribution in [0.3, 0.4) is 0 Å². The van der Waals surface area contributed by atoms with Gasteiger partial charge in [-0.2, -0.15) is 0 Å². The Morgan fingerprint density at radius 1 is 0.744 bits per heavy atom. The van der Waals surface area contributed by atoms with E-state index in [0.717, 1.165) is 16.8 Å². The van der Waals surface area contributed by atoms with E-state index in [9.17, 15) is 19.8 Å². The molecule has 0 aliphatic carbocycles. The molecule has 1 amide bonds. The summed E-state index contributed by atoms with van der Waals surface area (Å²) in [6, 6.07) is 32.3. The normalized spacial score (nSPS) is 12.7. The van der Waals surface area contributed by atoms with Crippen LogP contribution < -0.4 is 10.1 Å². The van der Waals surface area contributed by atoms with Gasteiger partial charge in [0.15, 0.2) is 12.2 Å². The van der Waals surface area contributed by atoms with Crippen molar-refractivity contribution in [1.29, 1.82) is 0 Å². The van der Waals surface area contributed by atoms with Crippen LogP contribution in [0.2, 0.25) is 0 Å². The van der Waals surface area contributed by atoms with Gasteiger partial charge in [-0.25, -0.2) is 9.59 Å². The van der Waals surface area contributed by atoms with Crippen molar-refractivity contribution in [1.82, 2.24) is 0 Å². The van der Waals surface area contributed by atoms with Crippen LogP contribution in [0.25, 0.3) is 21.5 Å². The zero-order chi connectivity index (χ0) is 27.2. The van der Waals surface area contributed by atoms with Crippen molar-refractivity contribution in [2.24, 2.45) is 0 Å². The number of aliphatic carboxylic acids is 1. The first-order chi connectivity index (χ1) is 19.0. The zero-order valence-electron chi connectivity index (χ0n) is 20.7. The van der Waals surface area contributed by atoms with Crippen molar-refractivity contribution < 1.29 is 29.3 Å². The molecule has 5 aromatic rings. The Bertz CT molecular complexity index is 1660. The number of carboxylic acids is 1. The molecule has 2 atom stereocenters. The second-order valence-corrected chi connectivity index (χ2v) is 8.79. The number of nitrogens with one attached hydrogen (secondary N) is 1. The Kier molecular flexibility index (Phi) is 7.41. The molecule has 7 heteroatoms. The molecule has 0 heterocycles. The van der Waals surface area contributed by atoms with Gasteiger partial charge in [0.2, 0.25) is 0 Å². The highest BCUT2D eigenvalue weighted by atomic mass is 16.6. The predicted octanol–water partition coefficient (Wildman–Crippen LogP) is 7.08. The van der Waals surface area contributed by atoms with Gasteiger partial charge in [-0.05, 0) is 41.1 Å². The molecule has 0 aromatic heterocycles. The van der Waals surface area contributed by atoms with E-state index < -0.39 is 24.3 Å². The van der Waals surface area contributed by atoms with Gasteiger partial charge in [0, 0.05) is 22.4 Å². The minimum atomic E-state index is -1.17. The minimum absolute atomic E-state index is 0.0647. The van der Waals surface area contributed by atoms with Gasteiger partial charge < -0.3 is 19.7 Å². The fourth-order valence-electron chi connectivity index (χ4n) is 4.49. The monoisotopic (exact) mass is 519 g/mol. The first-order valence-corrected chi connectivity index (χ1v) is 12.3. The second-order valence-electron chi connectivity index (χ2n) is 8.79. The van der Waals surface area contributed by atoms with E-state index in [1.165, 1.54) is 12.1 Å². The number of carbonyl (C=O) groups excluding carboxylic acids is 1. The number of benzene rings is 5. The molecule has 194 valence electrons. The fraction of sp³-hybridized carbons (Fsp3) is 0.0625. The van der Waals surface area contributed by atoms with Crippen LogP contribution in [0.5, 0.6) is 11.5 Å². The van der Waals surface area contributed by atoms with Crippen LogP contribution in [0.1, 0.15) is 11.7 Å². The Balaban J connectivity index is 1.57. The maximum Gasteiger partial charge on any atom is 0.412 e. The smallest absolute Gasteiger partial charge is 0.412 e. The number of ether oxygens (including phenoxy) is 2. The van der Waals surface area contributed by atoms with Crippen molar-refractivity contribution in [2.45, 2.75) is 12.2 Å². The largest absolute Gasteiger partial charge is 0.507 e. The van der Waals surface area contributed by atoms with Crippen molar-refractivity contribution in [3.63, 3.8) is 0 Å². The van der Waals surface area contributed by atoms with Crippen LogP contribution in [0.15, 0.2) is 121 Å². The molecule has 5 aromatic carbocycles. The molecule has 39 heavy (non-hydrogen) atoms. The van der Waals surface area contributed by atoms with E-state index in [1.54, 1.807) is 60.7 Å². The summed E-state index contributed by atoms with van der Waals surface area (Å²) in [4.78, 5) is 24.8. The number of aromatic hydroxyl groups is 1. The highest BCUT2D eigenvalue weighted by molar-refractivity contribution is 6.00. The second kappa shape index (κ2) is 11.4.